The van der Waals surface area contributed by atoms with Gasteiger partial charge in [-0.25, -0.2) is 9.97 Å². The SMILES string of the molecule is c1ccc2c(NCC3CSCCS3)ncnc2c1. The van der Waals surface area contributed by atoms with Crippen molar-refractivity contribution in [1.29, 1.82) is 0 Å². The van der Waals surface area contributed by atoms with E-state index in [0.29, 0.717) is 5.25 Å². The van der Waals surface area contributed by atoms with E-state index in [1.807, 2.05) is 30.0 Å². The van der Waals surface area contributed by atoms with E-state index in [-0.39, 0.29) is 0 Å². The molecule has 5 heteroatoms. The summed E-state index contributed by atoms with van der Waals surface area (Å²) in [6.45, 7) is 0.985. The lowest BCUT2D eigenvalue weighted by Gasteiger charge is -2.21. The summed E-state index contributed by atoms with van der Waals surface area (Å²) >= 11 is 4.11. The highest BCUT2D eigenvalue weighted by atomic mass is 32.2. The molecule has 3 nitrogen and oxygen atoms in total. The predicted octanol–water partition coefficient (Wildman–Crippen LogP) is 2.89. The van der Waals surface area contributed by atoms with Gasteiger partial charge in [-0.3, -0.25) is 0 Å². The average Bonchev–Trinajstić information content (AvgIpc) is 2.46. The molecule has 1 atom stereocenters. The Hall–Kier alpha value is -0.940. The van der Waals surface area contributed by atoms with Crippen LogP contribution in [0.1, 0.15) is 0 Å². The first-order chi connectivity index (χ1) is 8.93. The Balaban J connectivity index is 1.74. The predicted molar refractivity (Wildman–Crippen MR) is 81.6 cm³/mol. The molecule has 1 aromatic heterocycles. The largest absolute Gasteiger partial charge is 0.368 e. The van der Waals surface area contributed by atoms with Gasteiger partial charge in [-0.2, -0.15) is 23.5 Å². The maximum Gasteiger partial charge on any atom is 0.137 e. The molecule has 1 unspecified atom stereocenters. The van der Waals surface area contributed by atoms with Gasteiger partial charge in [0.25, 0.3) is 0 Å². The number of para-hydroxylation sites is 1. The third kappa shape index (κ3) is 2.72. The van der Waals surface area contributed by atoms with Crippen molar-refractivity contribution < 1.29 is 0 Å². The van der Waals surface area contributed by atoms with E-state index in [9.17, 15) is 0 Å². The second-order valence-electron chi connectivity index (χ2n) is 4.19. The van der Waals surface area contributed by atoms with E-state index in [1.54, 1.807) is 6.33 Å². The summed E-state index contributed by atoms with van der Waals surface area (Å²) in [7, 11) is 0. The molecule has 1 aliphatic rings. The molecule has 1 aliphatic heterocycles. The molecule has 0 amide bonds. The highest BCUT2D eigenvalue weighted by molar-refractivity contribution is 8.06. The molecule has 94 valence electrons. The molecule has 1 saturated heterocycles. The summed E-state index contributed by atoms with van der Waals surface area (Å²) in [6.07, 6.45) is 1.63. The molecule has 0 bridgehead atoms. The van der Waals surface area contributed by atoms with Crippen LogP contribution in [0.15, 0.2) is 30.6 Å². The number of thioether (sulfide) groups is 2. The highest BCUT2D eigenvalue weighted by Gasteiger charge is 2.14. The number of anilines is 1. The van der Waals surface area contributed by atoms with Crippen molar-refractivity contribution in [2.45, 2.75) is 5.25 Å². The molecule has 2 aromatic rings. The Morgan fingerprint density at radius 2 is 2.17 bits per heavy atom. The van der Waals surface area contributed by atoms with E-state index in [4.69, 9.17) is 0 Å². The number of hydrogen-bond acceptors (Lipinski definition) is 5. The maximum absolute atomic E-state index is 4.35. The molecular weight excluding hydrogens is 262 g/mol. The van der Waals surface area contributed by atoms with Gasteiger partial charge in [0, 0.05) is 34.4 Å². The fourth-order valence-electron chi connectivity index (χ4n) is 2.01. The molecular formula is C13H15N3S2. The first kappa shape index (κ1) is 12.1. The van der Waals surface area contributed by atoms with Crippen LogP contribution in [0.2, 0.25) is 0 Å². The van der Waals surface area contributed by atoms with Gasteiger partial charge in [0.2, 0.25) is 0 Å². The Kier molecular flexibility index (Phi) is 3.90. The second-order valence-corrected chi connectivity index (χ2v) is 6.75. The smallest absolute Gasteiger partial charge is 0.137 e. The van der Waals surface area contributed by atoms with Crippen molar-refractivity contribution in [3.8, 4) is 0 Å². The molecule has 0 spiro atoms. The number of aromatic nitrogens is 2. The van der Waals surface area contributed by atoms with E-state index >= 15 is 0 Å². The number of nitrogens with one attached hydrogen (secondary N) is 1. The van der Waals surface area contributed by atoms with Gasteiger partial charge in [0.15, 0.2) is 0 Å². The molecule has 0 saturated carbocycles. The summed E-state index contributed by atoms with van der Waals surface area (Å²) in [5.74, 6) is 4.75. The van der Waals surface area contributed by atoms with E-state index < -0.39 is 0 Å². The zero-order valence-electron chi connectivity index (χ0n) is 10.0. The second kappa shape index (κ2) is 5.80. The maximum atomic E-state index is 4.35. The van der Waals surface area contributed by atoms with Gasteiger partial charge >= 0.3 is 0 Å². The number of rotatable bonds is 3. The summed E-state index contributed by atoms with van der Waals surface area (Å²) < 4.78 is 0. The van der Waals surface area contributed by atoms with Gasteiger partial charge < -0.3 is 5.32 Å². The average molecular weight is 277 g/mol. The summed E-state index contributed by atoms with van der Waals surface area (Å²) in [5, 5.41) is 5.27. The van der Waals surface area contributed by atoms with Crippen LogP contribution < -0.4 is 5.32 Å². The lowest BCUT2D eigenvalue weighted by molar-refractivity contribution is 0.993. The number of nitrogens with zero attached hydrogens (tertiary/aromatic N) is 2. The van der Waals surface area contributed by atoms with Crippen LogP contribution in [-0.4, -0.2) is 39.0 Å². The third-order valence-electron chi connectivity index (χ3n) is 2.92. The Labute approximate surface area is 115 Å². The van der Waals surface area contributed by atoms with Crippen LogP contribution in [0.3, 0.4) is 0 Å². The summed E-state index contributed by atoms with van der Waals surface area (Å²) in [5.41, 5.74) is 1.00. The van der Waals surface area contributed by atoms with Crippen molar-refractivity contribution in [2.24, 2.45) is 0 Å². The monoisotopic (exact) mass is 277 g/mol. The molecule has 2 heterocycles. The summed E-state index contributed by atoms with van der Waals surface area (Å²) in [4.78, 5) is 8.63. The van der Waals surface area contributed by atoms with Crippen LogP contribution in [-0.2, 0) is 0 Å². The van der Waals surface area contributed by atoms with Crippen LogP contribution in [0.25, 0.3) is 10.9 Å². The fraction of sp³-hybridized carbons (Fsp3) is 0.385. The van der Waals surface area contributed by atoms with Gasteiger partial charge in [-0.15, -0.1) is 0 Å². The minimum atomic E-state index is 0.692. The van der Waals surface area contributed by atoms with Crippen molar-refractivity contribution >= 4 is 40.2 Å². The van der Waals surface area contributed by atoms with Crippen LogP contribution in [0.5, 0.6) is 0 Å². The molecule has 18 heavy (non-hydrogen) atoms. The minimum Gasteiger partial charge on any atom is -0.368 e. The van der Waals surface area contributed by atoms with Crippen molar-refractivity contribution in [3.63, 3.8) is 0 Å². The molecule has 1 aromatic carbocycles. The first-order valence-electron chi connectivity index (χ1n) is 6.06. The molecule has 1 N–H and O–H groups in total. The fourth-order valence-corrected chi connectivity index (χ4v) is 4.62. The van der Waals surface area contributed by atoms with Gasteiger partial charge in [0.1, 0.15) is 12.1 Å². The molecule has 0 radical (unpaired) electrons. The zero-order valence-corrected chi connectivity index (χ0v) is 11.6. The van der Waals surface area contributed by atoms with Gasteiger partial charge in [-0.1, -0.05) is 12.1 Å². The zero-order chi connectivity index (χ0) is 12.2. The topological polar surface area (TPSA) is 37.8 Å². The molecule has 0 aliphatic carbocycles. The summed E-state index contributed by atoms with van der Waals surface area (Å²) in [6, 6.07) is 8.13. The number of hydrogen-bond donors (Lipinski definition) is 1. The number of benzene rings is 1. The van der Waals surface area contributed by atoms with Crippen LogP contribution in [0.4, 0.5) is 5.82 Å². The minimum absolute atomic E-state index is 0.692. The normalized spacial score (nSPS) is 19.9. The lowest BCUT2D eigenvalue weighted by atomic mass is 10.2. The quantitative estimate of drug-likeness (QED) is 0.934. The van der Waals surface area contributed by atoms with E-state index in [0.717, 1.165) is 23.3 Å². The third-order valence-corrected chi connectivity index (χ3v) is 5.77. The standard InChI is InChI=1S/C13H15N3S2/c1-2-4-12-11(3-1)13(16-9-15-12)14-7-10-8-17-5-6-18-10/h1-4,9-10H,5-8H2,(H,14,15,16). The Morgan fingerprint density at radius 1 is 1.22 bits per heavy atom. The van der Waals surface area contributed by atoms with Gasteiger partial charge in [0.05, 0.1) is 5.52 Å². The van der Waals surface area contributed by atoms with Crippen LogP contribution >= 0.6 is 23.5 Å². The van der Waals surface area contributed by atoms with Gasteiger partial charge in [-0.05, 0) is 12.1 Å². The van der Waals surface area contributed by atoms with E-state index in [2.05, 4.69) is 33.1 Å². The number of fused-ring (bicyclic) bond motifs is 1. The van der Waals surface area contributed by atoms with Crippen molar-refractivity contribution in [3.05, 3.63) is 30.6 Å². The first-order valence-corrected chi connectivity index (χ1v) is 8.27. The van der Waals surface area contributed by atoms with Crippen molar-refractivity contribution in [2.75, 3.05) is 29.1 Å². The lowest BCUT2D eigenvalue weighted by Crippen LogP contribution is -2.23. The van der Waals surface area contributed by atoms with Crippen LogP contribution in [0, 0.1) is 0 Å². The molecule has 3 rings (SSSR count). The highest BCUT2D eigenvalue weighted by Crippen LogP contribution is 2.25. The molecule has 1 fully saturated rings. The van der Waals surface area contributed by atoms with Crippen molar-refractivity contribution in [1.82, 2.24) is 9.97 Å². The Bertz CT molecular complexity index is 521. The Morgan fingerprint density at radius 3 is 3.06 bits per heavy atom. The van der Waals surface area contributed by atoms with E-state index in [1.165, 1.54) is 17.3 Å².